The van der Waals surface area contributed by atoms with Gasteiger partial charge in [-0.1, -0.05) is 24.3 Å². The zero-order valence-electron chi connectivity index (χ0n) is 13.4. The van der Waals surface area contributed by atoms with E-state index >= 15 is 0 Å². The Morgan fingerprint density at radius 2 is 1.80 bits per heavy atom. The van der Waals surface area contributed by atoms with Crippen LogP contribution in [0.1, 0.15) is 18.6 Å². The fraction of sp³-hybridized carbons (Fsp3) is 0.222. The standard InChI is InChI=1S/C18H16F2N2O3/c1-11-17(24)21(18(25)22(11)13-5-3-2-4-6-13)10-16(23)14-8-7-12(19)9-15(14)20/h2-9,11,16,23H,10H2,1H3/t11-,16-/m1/s1. The number of amides is 3. The number of aliphatic hydroxyl groups excluding tert-OH is 1. The number of urea groups is 1. The van der Waals surface area contributed by atoms with E-state index in [1.807, 2.05) is 0 Å². The first-order valence-electron chi connectivity index (χ1n) is 7.72. The molecule has 2 aromatic carbocycles. The number of anilines is 1. The molecule has 5 nitrogen and oxygen atoms in total. The fourth-order valence-corrected chi connectivity index (χ4v) is 2.86. The lowest BCUT2D eigenvalue weighted by Crippen LogP contribution is -2.36. The molecule has 0 radical (unpaired) electrons. The average Bonchev–Trinajstić information content (AvgIpc) is 2.79. The number of benzene rings is 2. The molecule has 130 valence electrons. The highest BCUT2D eigenvalue weighted by Crippen LogP contribution is 2.28. The number of para-hydroxylation sites is 1. The molecule has 0 spiro atoms. The van der Waals surface area contributed by atoms with Crippen molar-refractivity contribution in [2.45, 2.75) is 19.1 Å². The molecule has 1 aliphatic rings. The zero-order valence-corrected chi connectivity index (χ0v) is 13.4. The van der Waals surface area contributed by atoms with Crippen molar-refractivity contribution in [3.8, 4) is 0 Å². The summed E-state index contributed by atoms with van der Waals surface area (Å²) >= 11 is 0. The van der Waals surface area contributed by atoms with Gasteiger partial charge in [-0.25, -0.2) is 13.6 Å². The van der Waals surface area contributed by atoms with Gasteiger partial charge in [0, 0.05) is 17.3 Å². The lowest BCUT2D eigenvalue weighted by Gasteiger charge is -2.21. The van der Waals surface area contributed by atoms with Crippen molar-refractivity contribution in [2.75, 3.05) is 11.4 Å². The molecule has 1 fully saturated rings. The van der Waals surface area contributed by atoms with Crippen LogP contribution in [-0.4, -0.2) is 34.5 Å². The molecule has 1 aliphatic heterocycles. The molecule has 3 rings (SSSR count). The number of aliphatic hydroxyl groups is 1. The van der Waals surface area contributed by atoms with Crippen LogP contribution in [0.5, 0.6) is 0 Å². The Morgan fingerprint density at radius 3 is 2.44 bits per heavy atom. The van der Waals surface area contributed by atoms with Gasteiger partial charge in [0.1, 0.15) is 17.7 Å². The van der Waals surface area contributed by atoms with E-state index in [0.717, 1.165) is 17.0 Å². The third kappa shape index (κ3) is 3.10. The van der Waals surface area contributed by atoms with Gasteiger partial charge in [-0.15, -0.1) is 0 Å². The second-order valence-electron chi connectivity index (χ2n) is 5.79. The van der Waals surface area contributed by atoms with Crippen molar-refractivity contribution >= 4 is 17.6 Å². The highest BCUT2D eigenvalue weighted by Gasteiger charge is 2.44. The van der Waals surface area contributed by atoms with Gasteiger partial charge in [-0.2, -0.15) is 0 Å². The number of hydrogen-bond donors (Lipinski definition) is 1. The molecule has 0 aliphatic carbocycles. The van der Waals surface area contributed by atoms with E-state index < -0.39 is 42.3 Å². The molecule has 7 heteroatoms. The zero-order chi connectivity index (χ0) is 18.1. The molecule has 0 saturated carbocycles. The summed E-state index contributed by atoms with van der Waals surface area (Å²) in [6.45, 7) is 1.17. The SMILES string of the molecule is C[C@@H]1C(=O)N(C[C@@H](O)c2ccc(F)cc2F)C(=O)N1c1ccccc1. The van der Waals surface area contributed by atoms with Gasteiger partial charge in [0.2, 0.25) is 0 Å². The molecule has 1 heterocycles. The molecule has 3 amide bonds. The van der Waals surface area contributed by atoms with E-state index in [4.69, 9.17) is 0 Å². The predicted octanol–water partition coefficient (Wildman–Crippen LogP) is 2.86. The van der Waals surface area contributed by atoms with Crippen LogP contribution in [-0.2, 0) is 4.79 Å². The molecular formula is C18H16F2N2O3. The summed E-state index contributed by atoms with van der Waals surface area (Å²) in [5, 5.41) is 10.2. The minimum Gasteiger partial charge on any atom is -0.386 e. The summed E-state index contributed by atoms with van der Waals surface area (Å²) in [5.41, 5.74) is 0.381. The molecule has 25 heavy (non-hydrogen) atoms. The Balaban J connectivity index is 1.83. The number of halogens is 2. The van der Waals surface area contributed by atoms with Crippen molar-refractivity contribution in [2.24, 2.45) is 0 Å². The first-order valence-corrected chi connectivity index (χ1v) is 7.72. The molecule has 1 saturated heterocycles. The molecule has 1 N–H and O–H groups in total. The lowest BCUT2D eigenvalue weighted by atomic mass is 10.1. The summed E-state index contributed by atoms with van der Waals surface area (Å²) in [4.78, 5) is 27.2. The van der Waals surface area contributed by atoms with Gasteiger partial charge >= 0.3 is 6.03 Å². The van der Waals surface area contributed by atoms with Crippen LogP contribution < -0.4 is 4.90 Å². The van der Waals surface area contributed by atoms with Gasteiger partial charge < -0.3 is 5.11 Å². The number of β-amino-alcohol motifs (C(OH)–C–C–N with tert-alkyl or cyclic N) is 1. The van der Waals surface area contributed by atoms with Gasteiger partial charge in [0.25, 0.3) is 5.91 Å². The van der Waals surface area contributed by atoms with E-state index in [1.165, 1.54) is 4.90 Å². The summed E-state index contributed by atoms with van der Waals surface area (Å²) < 4.78 is 26.8. The quantitative estimate of drug-likeness (QED) is 0.866. The van der Waals surface area contributed by atoms with Crippen molar-refractivity contribution in [1.29, 1.82) is 0 Å². The Labute approximate surface area is 143 Å². The van der Waals surface area contributed by atoms with E-state index in [-0.39, 0.29) is 5.56 Å². The molecular weight excluding hydrogens is 330 g/mol. The summed E-state index contributed by atoms with van der Waals surface area (Å²) in [7, 11) is 0. The maximum Gasteiger partial charge on any atom is 0.332 e. The lowest BCUT2D eigenvalue weighted by molar-refractivity contribution is -0.128. The Morgan fingerprint density at radius 1 is 1.12 bits per heavy atom. The van der Waals surface area contributed by atoms with Gasteiger partial charge in [0.15, 0.2) is 0 Å². The molecule has 2 atom stereocenters. The number of carbonyl (C=O) groups is 2. The maximum absolute atomic E-state index is 13.8. The second-order valence-corrected chi connectivity index (χ2v) is 5.79. The van der Waals surface area contributed by atoms with Crippen LogP contribution in [0.2, 0.25) is 0 Å². The van der Waals surface area contributed by atoms with Crippen molar-refractivity contribution in [1.82, 2.24) is 4.90 Å². The molecule has 0 bridgehead atoms. The van der Waals surface area contributed by atoms with Crippen LogP contribution in [0.15, 0.2) is 48.5 Å². The Kier molecular flexibility index (Phi) is 4.50. The van der Waals surface area contributed by atoms with Crippen molar-refractivity contribution in [3.05, 3.63) is 65.7 Å². The van der Waals surface area contributed by atoms with Crippen molar-refractivity contribution < 1.29 is 23.5 Å². The smallest absolute Gasteiger partial charge is 0.332 e. The summed E-state index contributed by atoms with van der Waals surface area (Å²) in [6.07, 6.45) is -1.45. The number of nitrogens with zero attached hydrogens (tertiary/aromatic N) is 2. The van der Waals surface area contributed by atoms with Crippen LogP contribution in [0, 0.1) is 11.6 Å². The normalized spacial score (nSPS) is 18.8. The summed E-state index contributed by atoms with van der Waals surface area (Å²) in [5.74, 6) is -2.19. The number of rotatable bonds is 4. The minimum atomic E-state index is -1.45. The van der Waals surface area contributed by atoms with Gasteiger partial charge in [-0.3, -0.25) is 14.6 Å². The first kappa shape index (κ1) is 17.0. The Hall–Kier alpha value is -2.80. The van der Waals surface area contributed by atoms with Crippen LogP contribution >= 0.6 is 0 Å². The second kappa shape index (κ2) is 6.60. The molecule has 2 aromatic rings. The topological polar surface area (TPSA) is 60.9 Å². The van der Waals surface area contributed by atoms with E-state index in [9.17, 15) is 23.5 Å². The maximum atomic E-state index is 13.8. The third-order valence-corrected chi connectivity index (χ3v) is 4.16. The number of hydrogen-bond acceptors (Lipinski definition) is 3. The Bertz CT molecular complexity index is 813. The van der Waals surface area contributed by atoms with Gasteiger partial charge in [0.05, 0.1) is 12.6 Å². The van der Waals surface area contributed by atoms with E-state index in [0.29, 0.717) is 11.8 Å². The average molecular weight is 346 g/mol. The monoisotopic (exact) mass is 346 g/mol. The number of imide groups is 1. The first-order chi connectivity index (χ1) is 11.9. The number of carbonyl (C=O) groups excluding carboxylic acids is 2. The molecule has 0 aromatic heterocycles. The fourth-order valence-electron chi connectivity index (χ4n) is 2.86. The molecule has 0 unspecified atom stereocenters. The van der Waals surface area contributed by atoms with Gasteiger partial charge in [-0.05, 0) is 25.1 Å². The predicted molar refractivity (Wildman–Crippen MR) is 86.8 cm³/mol. The van der Waals surface area contributed by atoms with E-state index in [1.54, 1.807) is 37.3 Å². The highest BCUT2D eigenvalue weighted by molar-refractivity contribution is 6.14. The van der Waals surface area contributed by atoms with Crippen molar-refractivity contribution in [3.63, 3.8) is 0 Å². The minimum absolute atomic E-state index is 0.173. The third-order valence-electron chi connectivity index (χ3n) is 4.16. The summed E-state index contributed by atoms with van der Waals surface area (Å²) in [6, 6.07) is 10.1. The van der Waals surface area contributed by atoms with Crippen LogP contribution in [0.3, 0.4) is 0 Å². The largest absolute Gasteiger partial charge is 0.386 e. The van der Waals surface area contributed by atoms with Crippen LogP contribution in [0.4, 0.5) is 19.3 Å². The highest BCUT2D eigenvalue weighted by atomic mass is 19.1. The van der Waals surface area contributed by atoms with Crippen LogP contribution in [0.25, 0.3) is 0 Å². The van der Waals surface area contributed by atoms with E-state index in [2.05, 4.69) is 0 Å².